The van der Waals surface area contributed by atoms with Crippen LogP contribution in [0.4, 0.5) is 13.2 Å². The molecule has 1 amide bonds. The fraction of sp³-hybridized carbons (Fsp3) is 0.455. The quantitative estimate of drug-likeness (QED) is 0.684. The van der Waals surface area contributed by atoms with E-state index < -0.39 is 36.1 Å². The van der Waals surface area contributed by atoms with Gasteiger partial charge in [-0.05, 0) is 63.3 Å². The lowest BCUT2D eigenvalue weighted by molar-refractivity contribution is -0.141. The van der Waals surface area contributed by atoms with Crippen molar-refractivity contribution in [3.05, 3.63) is 58.9 Å². The summed E-state index contributed by atoms with van der Waals surface area (Å²) in [7, 11) is 1.12. The van der Waals surface area contributed by atoms with Gasteiger partial charge in [-0.25, -0.2) is 0 Å². The number of halogens is 3. The van der Waals surface area contributed by atoms with E-state index in [-0.39, 0.29) is 5.56 Å². The molecule has 0 unspecified atom stereocenters. The second-order valence-corrected chi connectivity index (χ2v) is 8.87. The van der Waals surface area contributed by atoms with Crippen molar-refractivity contribution in [2.24, 2.45) is 0 Å². The van der Waals surface area contributed by atoms with Gasteiger partial charge in [-0.15, -0.1) is 0 Å². The third-order valence-corrected chi connectivity index (χ3v) is 5.95. The second kappa shape index (κ2) is 7.95. The number of alkyl halides is 3. The van der Waals surface area contributed by atoms with E-state index in [1.54, 1.807) is 7.05 Å². The number of nitrogens with zero attached hydrogens (tertiary/aromatic N) is 2. The maximum atomic E-state index is 12.7. The molecule has 0 aliphatic carbocycles. The molecule has 1 saturated heterocycles. The lowest BCUT2D eigenvalue weighted by Gasteiger charge is -2.32. The van der Waals surface area contributed by atoms with Crippen LogP contribution in [0.3, 0.4) is 0 Å². The topological polar surface area (TPSA) is 51.7 Å². The number of carbonyl (C=O) groups excluding carboxylic acids is 1. The third-order valence-electron chi connectivity index (χ3n) is 5.95. The first kappa shape index (κ1) is 23.3. The maximum Gasteiger partial charge on any atom is 0.494 e. The van der Waals surface area contributed by atoms with E-state index in [1.807, 2.05) is 52.8 Å². The SMILES string of the molecule is Cc1cc(B2OC(C)(C)C(C)(C)O2)ccc1CN(C)C(=O)c1ccc(C(F)(F)F)nc1. The molecule has 1 aliphatic rings. The summed E-state index contributed by atoms with van der Waals surface area (Å²) < 4.78 is 50.2. The number of carbonyl (C=O) groups is 1. The van der Waals surface area contributed by atoms with Crippen LogP contribution in [0.2, 0.25) is 0 Å². The van der Waals surface area contributed by atoms with Crippen molar-refractivity contribution in [2.75, 3.05) is 7.05 Å². The number of pyridine rings is 1. The second-order valence-electron chi connectivity index (χ2n) is 8.87. The molecule has 1 fully saturated rings. The average Bonchev–Trinajstić information content (AvgIpc) is 2.89. The molecular weight excluding hydrogens is 408 g/mol. The Morgan fingerprint density at radius 2 is 1.71 bits per heavy atom. The molecule has 0 spiro atoms. The molecule has 0 radical (unpaired) electrons. The Morgan fingerprint density at radius 1 is 1.10 bits per heavy atom. The largest absolute Gasteiger partial charge is 0.494 e. The maximum absolute atomic E-state index is 12.7. The summed E-state index contributed by atoms with van der Waals surface area (Å²) in [5.41, 5.74) is 0.955. The Hall–Kier alpha value is -2.39. The van der Waals surface area contributed by atoms with Crippen molar-refractivity contribution in [2.45, 2.75) is 58.5 Å². The lowest BCUT2D eigenvalue weighted by Crippen LogP contribution is -2.41. The molecule has 0 saturated carbocycles. The Labute approximate surface area is 180 Å². The Balaban J connectivity index is 1.71. The Kier molecular flexibility index (Phi) is 5.97. The van der Waals surface area contributed by atoms with Crippen LogP contribution in [0, 0.1) is 6.92 Å². The normalized spacial score (nSPS) is 17.6. The summed E-state index contributed by atoms with van der Waals surface area (Å²) in [6.07, 6.45) is -3.58. The summed E-state index contributed by atoms with van der Waals surface area (Å²) in [6, 6.07) is 7.73. The first-order chi connectivity index (χ1) is 14.2. The molecule has 1 aromatic heterocycles. The molecule has 1 aromatic carbocycles. The number of aromatic nitrogens is 1. The molecule has 3 rings (SSSR count). The number of benzene rings is 1. The van der Waals surface area contributed by atoms with E-state index in [2.05, 4.69) is 4.98 Å². The van der Waals surface area contributed by atoms with E-state index in [0.717, 1.165) is 34.9 Å². The number of aryl methyl sites for hydroxylation is 1. The molecule has 2 heterocycles. The fourth-order valence-corrected chi connectivity index (χ4v) is 3.26. The summed E-state index contributed by atoms with van der Waals surface area (Å²) in [4.78, 5) is 17.4. The first-order valence-corrected chi connectivity index (χ1v) is 9.95. The van der Waals surface area contributed by atoms with Crippen LogP contribution >= 0.6 is 0 Å². The van der Waals surface area contributed by atoms with E-state index in [0.29, 0.717) is 6.54 Å². The average molecular weight is 434 g/mol. The third kappa shape index (κ3) is 4.77. The van der Waals surface area contributed by atoms with Crippen molar-refractivity contribution in [1.82, 2.24) is 9.88 Å². The highest BCUT2D eigenvalue weighted by molar-refractivity contribution is 6.62. The summed E-state index contributed by atoms with van der Waals surface area (Å²) >= 11 is 0. The van der Waals surface area contributed by atoms with E-state index in [4.69, 9.17) is 9.31 Å². The van der Waals surface area contributed by atoms with Gasteiger partial charge in [-0.1, -0.05) is 18.2 Å². The molecule has 2 aromatic rings. The fourth-order valence-electron chi connectivity index (χ4n) is 3.26. The standard InChI is InChI=1S/C22H26BF3N2O3/c1-14-11-17(23-30-20(2,3)21(4,5)31-23)9-7-16(14)13-28(6)19(29)15-8-10-18(27-12-15)22(24,25)26/h7-12H,13H2,1-6H3. The van der Waals surface area contributed by atoms with Gasteiger partial charge in [-0.2, -0.15) is 13.2 Å². The smallest absolute Gasteiger partial charge is 0.399 e. The molecule has 9 heteroatoms. The molecule has 0 N–H and O–H groups in total. The molecule has 31 heavy (non-hydrogen) atoms. The Bertz CT molecular complexity index is 959. The highest BCUT2D eigenvalue weighted by Crippen LogP contribution is 2.36. The molecule has 166 valence electrons. The zero-order valence-corrected chi connectivity index (χ0v) is 18.5. The lowest BCUT2D eigenvalue weighted by atomic mass is 9.78. The summed E-state index contributed by atoms with van der Waals surface area (Å²) in [6.45, 7) is 10.2. The van der Waals surface area contributed by atoms with Gasteiger partial charge in [0.15, 0.2) is 0 Å². The van der Waals surface area contributed by atoms with E-state index >= 15 is 0 Å². The van der Waals surface area contributed by atoms with Gasteiger partial charge in [0.05, 0.1) is 16.8 Å². The summed E-state index contributed by atoms with van der Waals surface area (Å²) in [5, 5.41) is 0. The van der Waals surface area contributed by atoms with Crippen molar-refractivity contribution in [1.29, 1.82) is 0 Å². The van der Waals surface area contributed by atoms with E-state index in [1.165, 1.54) is 4.90 Å². The number of hydrogen-bond acceptors (Lipinski definition) is 4. The summed E-state index contributed by atoms with van der Waals surface area (Å²) in [5.74, 6) is -0.407. The highest BCUT2D eigenvalue weighted by atomic mass is 19.4. The van der Waals surface area contributed by atoms with Crippen molar-refractivity contribution in [3.8, 4) is 0 Å². The van der Waals surface area contributed by atoms with Crippen LogP contribution in [-0.4, -0.2) is 41.2 Å². The van der Waals surface area contributed by atoms with Crippen molar-refractivity contribution < 1.29 is 27.3 Å². The van der Waals surface area contributed by atoms with Gasteiger partial charge >= 0.3 is 13.3 Å². The Morgan fingerprint density at radius 3 is 2.19 bits per heavy atom. The molecular formula is C22H26BF3N2O3. The van der Waals surface area contributed by atoms with Crippen LogP contribution in [0.15, 0.2) is 36.5 Å². The zero-order valence-electron chi connectivity index (χ0n) is 18.5. The van der Waals surface area contributed by atoms with Gasteiger partial charge < -0.3 is 14.2 Å². The number of hydrogen-bond donors (Lipinski definition) is 0. The molecule has 1 aliphatic heterocycles. The predicted molar refractivity (Wildman–Crippen MR) is 112 cm³/mol. The minimum atomic E-state index is -4.54. The van der Waals surface area contributed by atoms with Crippen LogP contribution in [0.25, 0.3) is 0 Å². The predicted octanol–water partition coefficient (Wildman–Crippen LogP) is 3.98. The van der Waals surface area contributed by atoms with E-state index in [9.17, 15) is 18.0 Å². The first-order valence-electron chi connectivity index (χ1n) is 9.95. The molecule has 5 nitrogen and oxygen atoms in total. The molecule has 0 bridgehead atoms. The van der Waals surface area contributed by atoms with Gasteiger partial charge in [0.1, 0.15) is 5.69 Å². The van der Waals surface area contributed by atoms with Crippen LogP contribution in [-0.2, 0) is 22.0 Å². The van der Waals surface area contributed by atoms with Crippen LogP contribution in [0.5, 0.6) is 0 Å². The number of rotatable bonds is 4. The minimum absolute atomic E-state index is 0.0991. The van der Waals surface area contributed by atoms with Gasteiger partial charge in [0, 0.05) is 19.8 Å². The monoisotopic (exact) mass is 434 g/mol. The zero-order chi connectivity index (χ0) is 23.2. The molecule has 0 atom stereocenters. The van der Waals surface area contributed by atoms with Crippen molar-refractivity contribution in [3.63, 3.8) is 0 Å². The van der Waals surface area contributed by atoms with Crippen molar-refractivity contribution >= 4 is 18.5 Å². The highest BCUT2D eigenvalue weighted by Gasteiger charge is 2.51. The van der Waals surface area contributed by atoms with Gasteiger partial charge in [0.2, 0.25) is 0 Å². The van der Waals surface area contributed by atoms with Crippen LogP contribution in [0.1, 0.15) is 54.9 Å². The number of amides is 1. The van der Waals surface area contributed by atoms with Gasteiger partial charge in [-0.3, -0.25) is 9.78 Å². The van der Waals surface area contributed by atoms with Crippen LogP contribution < -0.4 is 5.46 Å². The van der Waals surface area contributed by atoms with Gasteiger partial charge in [0.25, 0.3) is 5.91 Å². The minimum Gasteiger partial charge on any atom is -0.399 e.